The van der Waals surface area contributed by atoms with E-state index in [2.05, 4.69) is 0 Å². The van der Waals surface area contributed by atoms with Crippen molar-refractivity contribution in [3.05, 3.63) is 23.7 Å². The Labute approximate surface area is 117 Å². The van der Waals surface area contributed by atoms with E-state index >= 15 is 0 Å². The average Bonchev–Trinajstić information content (AvgIpc) is 3.18. The third-order valence-corrected chi connectivity index (χ3v) is 3.20. The van der Waals surface area contributed by atoms with E-state index in [4.69, 9.17) is 13.9 Å². The summed E-state index contributed by atoms with van der Waals surface area (Å²) in [7, 11) is 1.33. The van der Waals surface area contributed by atoms with Gasteiger partial charge in [0, 0.05) is 6.04 Å². The van der Waals surface area contributed by atoms with Gasteiger partial charge in [-0.1, -0.05) is 0 Å². The Morgan fingerprint density at radius 1 is 1.45 bits per heavy atom. The number of hydrogen-bond donors (Lipinski definition) is 0. The van der Waals surface area contributed by atoms with Gasteiger partial charge < -0.3 is 13.9 Å². The fourth-order valence-electron chi connectivity index (χ4n) is 2.07. The minimum absolute atomic E-state index is 0.208. The van der Waals surface area contributed by atoms with Crippen molar-refractivity contribution in [2.75, 3.05) is 20.3 Å². The van der Waals surface area contributed by atoms with E-state index in [9.17, 15) is 9.59 Å². The molecule has 1 saturated carbocycles. The zero-order chi connectivity index (χ0) is 14.5. The highest BCUT2D eigenvalue weighted by Gasteiger charge is 2.32. The first-order chi connectivity index (χ1) is 9.65. The third kappa shape index (κ3) is 3.60. The first-order valence-electron chi connectivity index (χ1n) is 6.70. The van der Waals surface area contributed by atoms with Crippen LogP contribution < -0.4 is 0 Å². The molecule has 0 N–H and O–H groups in total. The summed E-state index contributed by atoms with van der Waals surface area (Å²) in [6, 6.07) is 1.94. The second kappa shape index (κ2) is 6.56. The smallest absolute Gasteiger partial charge is 0.341 e. The van der Waals surface area contributed by atoms with Gasteiger partial charge in [-0.15, -0.1) is 0 Å². The number of nitrogens with zero attached hydrogens (tertiary/aromatic N) is 1. The van der Waals surface area contributed by atoms with Crippen molar-refractivity contribution in [1.82, 2.24) is 4.90 Å². The normalized spacial score (nSPS) is 14.3. The maximum atomic E-state index is 11.6. The molecule has 0 bridgehead atoms. The van der Waals surface area contributed by atoms with Crippen molar-refractivity contribution in [2.45, 2.75) is 32.4 Å². The zero-order valence-electron chi connectivity index (χ0n) is 11.8. The fourth-order valence-corrected chi connectivity index (χ4v) is 2.07. The lowest BCUT2D eigenvalue weighted by atomic mass is 10.2. The maximum Gasteiger partial charge on any atom is 0.341 e. The number of ether oxygens (including phenoxy) is 2. The molecular weight excluding hydrogens is 262 g/mol. The molecule has 0 radical (unpaired) electrons. The molecule has 0 aliphatic heterocycles. The lowest BCUT2D eigenvalue weighted by Crippen LogP contribution is -2.32. The van der Waals surface area contributed by atoms with Gasteiger partial charge in [0.25, 0.3) is 0 Å². The molecule has 110 valence electrons. The minimum atomic E-state index is -0.430. The molecular formula is C14H19NO5. The van der Waals surface area contributed by atoms with Gasteiger partial charge in [-0.25, -0.2) is 4.79 Å². The molecule has 1 aromatic rings. The van der Waals surface area contributed by atoms with E-state index in [0.717, 1.165) is 12.8 Å². The highest BCUT2D eigenvalue weighted by atomic mass is 16.5. The Morgan fingerprint density at radius 3 is 2.80 bits per heavy atom. The molecule has 2 rings (SSSR count). The van der Waals surface area contributed by atoms with Crippen LogP contribution in [0, 0.1) is 0 Å². The van der Waals surface area contributed by atoms with Gasteiger partial charge in [0.1, 0.15) is 11.3 Å². The van der Waals surface area contributed by atoms with Crippen LogP contribution in [0.4, 0.5) is 0 Å². The van der Waals surface area contributed by atoms with Gasteiger partial charge in [-0.05, 0) is 25.8 Å². The molecule has 6 nitrogen and oxygen atoms in total. The van der Waals surface area contributed by atoms with Crippen LogP contribution in [0.25, 0.3) is 0 Å². The van der Waals surface area contributed by atoms with Gasteiger partial charge in [-0.3, -0.25) is 9.69 Å². The summed E-state index contributed by atoms with van der Waals surface area (Å²) in [5.41, 5.74) is 0.405. The van der Waals surface area contributed by atoms with Crippen molar-refractivity contribution >= 4 is 11.9 Å². The molecule has 1 aromatic heterocycles. The molecule has 6 heteroatoms. The van der Waals surface area contributed by atoms with Crippen molar-refractivity contribution in [1.29, 1.82) is 0 Å². The SMILES string of the molecule is CCOC(=O)CN(Cc1occc1C(=O)OC)C1CC1. The van der Waals surface area contributed by atoms with Gasteiger partial charge in [-0.2, -0.15) is 0 Å². The van der Waals surface area contributed by atoms with Crippen LogP contribution in [-0.2, 0) is 20.8 Å². The molecule has 0 unspecified atom stereocenters. The molecule has 0 saturated heterocycles. The summed E-state index contributed by atoms with van der Waals surface area (Å²) in [6.45, 7) is 2.76. The summed E-state index contributed by atoms with van der Waals surface area (Å²) in [6.07, 6.45) is 3.55. The molecule has 1 aliphatic rings. The lowest BCUT2D eigenvalue weighted by Gasteiger charge is -2.19. The van der Waals surface area contributed by atoms with Crippen molar-refractivity contribution in [2.24, 2.45) is 0 Å². The third-order valence-electron chi connectivity index (χ3n) is 3.20. The van der Waals surface area contributed by atoms with Gasteiger partial charge in [0.05, 0.1) is 33.1 Å². The van der Waals surface area contributed by atoms with Crippen LogP contribution in [0.5, 0.6) is 0 Å². The quantitative estimate of drug-likeness (QED) is 0.707. The maximum absolute atomic E-state index is 11.6. The summed E-state index contributed by atoms with van der Waals surface area (Å²) >= 11 is 0. The highest BCUT2D eigenvalue weighted by Crippen LogP contribution is 2.29. The Bertz CT molecular complexity index is 478. The predicted molar refractivity (Wildman–Crippen MR) is 70.1 cm³/mol. The van der Waals surface area contributed by atoms with E-state index in [-0.39, 0.29) is 12.5 Å². The van der Waals surface area contributed by atoms with Crippen LogP contribution in [-0.4, -0.2) is 43.1 Å². The van der Waals surface area contributed by atoms with Crippen LogP contribution in [0.15, 0.2) is 16.7 Å². The second-order valence-electron chi connectivity index (χ2n) is 4.69. The summed E-state index contributed by atoms with van der Waals surface area (Å²) in [4.78, 5) is 25.2. The van der Waals surface area contributed by atoms with Crippen LogP contribution in [0.1, 0.15) is 35.9 Å². The number of carbonyl (C=O) groups excluding carboxylic acids is 2. The van der Waals surface area contributed by atoms with Gasteiger partial charge >= 0.3 is 11.9 Å². The van der Waals surface area contributed by atoms with Crippen molar-refractivity contribution < 1.29 is 23.5 Å². The number of esters is 2. The number of rotatable bonds is 7. The molecule has 1 aliphatic carbocycles. The van der Waals surface area contributed by atoms with E-state index in [1.807, 2.05) is 4.90 Å². The second-order valence-corrected chi connectivity index (χ2v) is 4.69. The Morgan fingerprint density at radius 2 is 2.20 bits per heavy atom. The minimum Gasteiger partial charge on any atom is -0.467 e. The first-order valence-corrected chi connectivity index (χ1v) is 6.70. The van der Waals surface area contributed by atoms with Gasteiger partial charge in [0.15, 0.2) is 0 Å². The Kier molecular flexibility index (Phi) is 4.79. The lowest BCUT2D eigenvalue weighted by molar-refractivity contribution is -0.144. The van der Waals surface area contributed by atoms with Crippen molar-refractivity contribution in [3.63, 3.8) is 0 Å². The molecule has 0 spiro atoms. The van der Waals surface area contributed by atoms with E-state index < -0.39 is 5.97 Å². The predicted octanol–water partition coefficient (Wildman–Crippen LogP) is 1.59. The van der Waals surface area contributed by atoms with Crippen molar-refractivity contribution in [3.8, 4) is 0 Å². The molecule has 0 aromatic carbocycles. The molecule has 1 heterocycles. The summed E-state index contributed by atoms with van der Waals surface area (Å²) in [5.74, 6) is -0.167. The molecule has 20 heavy (non-hydrogen) atoms. The summed E-state index contributed by atoms with van der Waals surface area (Å²) < 4.78 is 15.0. The zero-order valence-corrected chi connectivity index (χ0v) is 11.8. The van der Waals surface area contributed by atoms with Crippen LogP contribution >= 0.6 is 0 Å². The van der Waals surface area contributed by atoms with E-state index in [1.54, 1.807) is 13.0 Å². The Hall–Kier alpha value is -1.82. The number of furan rings is 1. The molecule has 0 atom stereocenters. The topological polar surface area (TPSA) is 69.0 Å². The Balaban J connectivity index is 2.03. The number of methoxy groups -OCH3 is 1. The standard InChI is InChI=1S/C14H19NO5/c1-3-19-13(16)9-15(10-4-5-10)8-12-11(6-7-20-12)14(17)18-2/h6-7,10H,3-5,8-9H2,1-2H3. The molecule has 0 amide bonds. The largest absolute Gasteiger partial charge is 0.467 e. The highest BCUT2D eigenvalue weighted by molar-refractivity contribution is 5.90. The van der Waals surface area contributed by atoms with E-state index in [1.165, 1.54) is 13.4 Å². The monoisotopic (exact) mass is 281 g/mol. The first kappa shape index (κ1) is 14.6. The number of hydrogen-bond acceptors (Lipinski definition) is 6. The molecule has 1 fully saturated rings. The van der Waals surface area contributed by atoms with E-state index in [0.29, 0.717) is 30.5 Å². The average molecular weight is 281 g/mol. The van der Waals surface area contributed by atoms with Gasteiger partial charge in [0.2, 0.25) is 0 Å². The van der Waals surface area contributed by atoms with Crippen LogP contribution in [0.2, 0.25) is 0 Å². The number of carbonyl (C=O) groups is 2. The van der Waals surface area contributed by atoms with Crippen LogP contribution in [0.3, 0.4) is 0 Å². The fraction of sp³-hybridized carbons (Fsp3) is 0.571. The summed E-state index contributed by atoms with van der Waals surface area (Å²) in [5, 5.41) is 0.